The number of hydrogen-bond donors (Lipinski definition) is 1. The lowest BCUT2D eigenvalue weighted by molar-refractivity contribution is 0.235. The Morgan fingerprint density at radius 2 is 1.68 bits per heavy atom. The lowest BCUT2D eigenvalue weighted by Crippen LogP contribution is -2.23. The summed E-state index contributed by atoms with van der Waals surface area (Å²) in [5.41, 5.74) is 4.93. The summed E-state index contributed by atoms with van der Waals surface area (Å²) < 4.78 is 5.87. The van der Waals surface area contributed by atoms with Crippen LogP contribution in [-0.2, 0) is 0 Å². The van der Waals surface area contributed by atoms with Gasteiger partial charge in [0.1, 0.15) is 11.9 Å². The molecule has 0 fully saturated rings. The minimum atomic E-state index is -0.0150. The zero-order valence-electron chi connectivity index (χ0n) is 13.3. The molecule has 0 bridgehead atoms. The normalized spacial score (nSPS) is 12.1. The molecule has 1 N–H and O–H groups in total. The van der Waals surface area contributed by atoms with E-state index in [9.17, 15) is 0 Å². The average Bonchev–Trinajstić information content (AvgIpc) is 2.40. The first kappa shape index (κ1) is 17.0. The standard InChI is InChI=1S/C18H21Cl2NO/c1-11-7-12(2)18(13(3)8-11)21-10-14(4)22-17-6-5-15(19)9-16(17)20/h5-9,14,21H,10H2,1-4H3. The van der Waals surface area contributed by atoms with E-state index in [0.29, 0.717) is 22.3 Å². The van der Waals surface area contributed by atoms with Crippen LogP contribution in [0.2, 0.25) is 10.0 Å². The fourth-order valence-corrected chi connectivity index (χ4v) is 2.99. The topological polar surface area (TPSA) is 21.3 Å². The average molecular weight is 338 g/mol. The molecule has 1 atom stereocenters. The van der Waals surface area contributed by atoms with E-state index in [2.05, 4.69) is 38.2 Å². The number of nitrogens with one attached hydrogen (secondary N) is 1. The molecule has 0 heterocycles. The number of benzene rings is 2. The first-order chi connectivity index (χ1) is 10.4. The first-order valence-corrected chi connectivity index (χ1v) is 8.06. The van der Waals surface area contributed by atoms with E-state index < -0.39 is 0 Å². The van der Waals surface area contributed by atoms with Crippen LogP contribution in [0.5, 0.6) is 5.75 Å². The van der Waals surface area contributed by atoms with Crippen molar-refractivity contribution in [3.63, 3.8) is 0 Å². The summed E-state index contributed by atoms with van der Waals surface area (Å²) in [5, 5.41) is 4.60. The van der Waals surface area contributed by atoms with Crippen molar-refractivity contribution in [2.45, 2.75) is 33.8 Å². The Hall–Kier alpha value is -1.38. The molecule has 2 rings (SSSR count). The van der Waals surface area contributed by atoms with E-state index >= 15 is 0 Å². The molecule has 0 aliphatic rings. The third kappa shape index (κ3) is 4.31. The summed E-state index contributed by atoms with van der Waals surface area (Å²) in [7, 11) is 0. The summed E-state index contributed by atoms with van der Waals surface area (Å²) in [6, 6.07) is 9.61. The molecule has 118 valence electrons. The molecule has 0 spiro atoms. The van der Waals surface area contributed by atoms with Crippen molar-refractivity contribution in [3.05, 3.63) is 57.1 Å². The second-order valence-electron chi connectivity index (χ2n) is 5.66. The molecule has 4 heteroatoms. The summed E-state index contributed by atoms with van der Waals surface area (Å²) in [6.07, 6.45) is -0.0150. The van der Waals surface area contributed by atoms with E-state index in [1.165, 1.54) is 22.4 Å². The van der Waals surface area contributed by atoms with Gasteiger partial charge in [-0.25, -0.2) is 0 Å². The van der Waals surface area contributed by atoms with Crippen LogP contribution in [0, 0.1) is 20.8 Å². The SMILES string of the molecule is Cc1cc(C)c(NCC(C)Oc2ccc(Cl)cc2Cl)c(C)c1. The predicted molar refractivity (Wildman–Crippen MR) is 95.7 cm³/mol. The maximum absolute atomic E-state index is 6.13. The highest BCUT2D eigenvalue weighted by Crippen LogP contribution is 2.28. The van der Waals surface area contributed by atoms with Gasteiger partial charge in [-0.3, -0.25) is 0 Å². The Kier molecular flexibility index (Phi) is 5.60. The van der Waals surface area contributed by atoms with E-state index in [4.69, 9.17) is 27.9 Å². The van der Waals surface area contributed by atoms with Gasteiger partial charge in [0.05, 0.1) is 11.6 Å². The Bertz CT molecular complexity index is 647. The molecule has 22 heavy (non-hydrogen) atoms. The number of rotatable bonds is 5. The van der Waals surface area contributed by atoms with Crippen LogP contribution in [0.25, 0.3) is 0 Å². The number of hydrogen-bond acceptors (Lipinski definition) is 2. The number of ether oxygens (including phenoxy) is 1. The largest absolute Gasteiger partial charge is 0.487 e. The maximum Gasteiger partial charge on any atom is 0.138 e. The van der Waals surface area contributed by atoms with Gasteiger partial charge in [0.15, 0.2) is 0 Å². The zero-order valence-corrected chi connectivity index (χ0v) is 14.8. The monoisotopic (exact) mass is 337 g/mol. The molecule has 2 nitrogen and oxygen atoms in total. The first-order valence-electron chi connectivity index (χ1n) is 7.30. The van der Waals surface area contributed by atoms with Crippen molar-refractivity contribution in [2.75, 3.05) is 11.9 Å². The van der Waals surface area contributed by atoms with Gasteiger partial charge in [0.25, 0.3) is 0 Å². The van der Waals surface area contributed by atoms with Crippen LogP contribution >= 0.6 is 23.2 Å². The van der Waals surface area contributed by atoms with Gasteiger partial charge in [-0.2, -0.15) is 0 Å². The summed E-state index contributed by atoms with van der Waals surface area (Å²) in [4.78, 5) is 0. The van der Waals surface area contributed by atoms with Crippen molar-refractivity contribution in [3.8, 4) is 5.75 Å². The Morgan fingerprint density at radius 1 is 1.05 bits per heavy atom. The maximum atomic E-state index is 6.13. The highest BCUT2D eigenvalue weighted by Gasteiger charge is 2.10. The van der Waals surface area contributed by atoms with Gasteiger partial charge in [-0.15, -0.1) is 0 Å². The van der Waals surface area contributed by atoms with Gasteiger partial charge < -0.3 is 10.1 Å². The van der Waals surface area contributed by atoms with Crippen LogP contribution in [0.3, 0.4) is 0 Å². The molecule has 0 radical (unpaired) electrons. The molecule has 0 aliphatic carbocycles. The molecule has 1 unspecified atom stereocenters. The van der Waals surface area contributed by atoms with Crippen LogP contribution in [0.1, 0.15) is 23.6 Å². The van der Waals surface area contributed by atoms with Crippen molar-refractivity contribution in [2.24, 2.45) is 0 Å². The fraction of sp³-hybridized carbons (Fsp3) is 0.333. The Balaban J connectivity index is 2.00. The minimum absolute atomic E-state index is 0.0150. The highest BCUT2D eigenvalue weighted by atomic mass is 35.5. The molecule has 2 aromatic carbocycles. The molecule has 0 aromatic heterocycles. The highest BCUT2D eigenvalue weighted by molar-refractivity contribution is 6.35. The van der Waals surface area contributed by atoms with Gasteiger partial charge in [-0.05, 0) is 57.0 Å². The van der Waals surface area contributed by atoms with Crippen LogP contribution in [0.4, 0.5) is 5.69 Å². The van der Waals surface area contributed by atoms with Crippen LogP contribution in [0.15, 0.2) is 30.3 Å². The quantitative estimate of drug-likeness (QED) is 0.744. The lowest BCUT2D eigenvalue weighted by atomic mass is 10.1. The van der Waals surface area contributed by atoms with Gasteiger partial charge in [-0.1, -0.05) is 40.9 Å². The number of anilines is 1. The van der Waals surface area contributed by atoms with Crippen molar-refractivity contribution in [1.82, 2.24) is 0 Å². The zero-order chi connectivity index (χ0) is 16.3. The van der Waals surface area contributed by atoms with E-state index in [-0.39, 0.29) is 6.10 Å². The summed E-state index contributed by atoms with van der Waals surface area (Å²) >= 11 is 12.0. The summed E-state index contributed by atoms with van der Waals surface area (Å²) in [5.74, 6) is 0.651. The Morgan fingerprint density at radius 3 is 2.27 bits per heavy atom. The third-order valence-electron chi connectivity index (χ3n) is 3.47. The minimum Gasteiger partial charge on any atom is -0.487 e. The molecule has 0 saturated heterocycles. The molecular formula is C18H21Cl2NO. The second-order valence-corrected chi connectivity index (χ2v) is 6.50. The Labute approximate surface area is 142 Å². The molecule has 0 saturated carbocycles. The molecule has 0 amide bonds. The van der Waals surface area contributed by atoms with Crippen LogP contribution in [-0.4, -0.2) is 12.6 Å². The van der Waals surface area contributed by atoms with Gasteiger partial charge >= 0.3 is 0 Å². The van der Waals surface area contributed by atoms with Crippen LogP contribution < -0.4 is 10.1 Å². The molecular weight excluding hydrogens is 317 g/mol. The lowest BCUT2D eigenvalue weighted by Gasteiger charge is -2.19. The number of aryl methyl sites for hydroxylation is 3. The second kappa shape index (κ2) is 7.26. The third-order valence-corrected chi connectivity index (χ3v) is 4.00. The van der Waals surface area contributed by atoms with Gasteiger partial charge in [0, 0.05) is 10.7 Å². The van der Waals surface area contributed by atoms with Gasteiger partial charge in [0.2, 0.25) is 0 Å². The predicted octanol–water partition coefficient (Wildman–Crippen LogP) is 5.80. The van der Waals surface area contributed by atoms with Crippen molar-refractivity contribution < 1.29 is 4.74 Å². The van der Waals surface area contributed by atoms with E-state index in [1.54, 1.807) is 18.2 Å². The molecule has 2 aromatic rings. The van der Waals surface area contributed by atoms with E-state index in [1.807, 2.05) is 6.92 Å². The molecule has 0 aliphatic heterocycles. The smallest absolute Gasteiger partial charge is 0.138 e. The number of halogens is 2. The van der Waals surface area contributed by atoms with E-state index in [0.717, 1.165) is 0 Å². The van der Waals surface area contributed by atoms with Crippen molar-refractivity contribution >= 4 is 28.9 Å². The fourth-order valence-electron chi connectivity index (χ4n) is 2.53. The van der Waals surface area contributed by atoms with Crippen molar-refractivity contribution in [1.29, 1.82) is 0 Å². The summed E-state index contributed by atoms with van der Waals surface area (Å²) in [6.45, 7) is 9.05.